The fourth-order valence-corrected chi connectivity index (χ4v) is 8.56. The first kappa shape index (κ1) is 32.8. The van der Waals surface area contributed by atoms with Crippen molar-refractivity contribution in [2.24, 2.45) is 0 Å². The van der Waals surface area contributed by atoms with Gasteiger partial charge >= 0.3 is 0 Å². The lowest BCUT2D eigenvalue weighted by molar-refractivity contribution is 0.669. The average Bonchev–Trinajstić information content (AvgIpc) is 3.84. The maximum atomic E-state index is 6.37. The first-order valence-corrected chi connectivity index (χ1v) is 19.4. The molecule has 0 aliphatic rings. The Morgan fingerprint density at radius 2 is 0.807 bits per heavy atom. The lowest BCUT2D eigenvalue weighted by Crippen LogP contribution is -2.11. The van der Waals surface area contributed by atoms with E-state index in [9.17, 15) is 0 Å². The topological polar surface area (TPSA) is 21.3 Å². The van der Waals surface area contributed by atoms with Crippen molar-refractivity contribution in [1.82, 2.24) is 4.57 Å². The number of para-hydroxylation sites is 4. The van der Waals surface area contributed by atoms with Crippen molar-refractivity contribution >= 4 is 60.8 Å². The molecule has 3 heteroatoms. The number of hydrogen-bond acceptors (Lipinski definition) is 2. The first-order chi connectivity index (χ1) is 28.3. The van der Waals surface area contributed by atoms with Crippen LogP contribution in [0.1, 0.15) is 0 Å². The number of anilines is 3. The maximum absolute atomic E-state index is 6.37. The number of rotatable bonds is 7. The molecule has 2 heterocycles. The Morgan fingerprint density at radius 3 is 1.47 bits per heavy atom. The van der Waals surface area contributed by atoms with Crippen molar-refractivity contribution in [3.63, 3.8) is 0 Å². The highest BCUT2D eigenvalue weighted by Crippen LogP contribution is 2.45. The molecule has 9 aromatic carbocycles. The van der Waals surface area contributed by atoms with E-state index in [1.54, 1.807) is 0 Å². The molecule has 2 aromatic heterocycles. The molecule has 0 bridgehead atoms. The molecular formula is C54H36N2O. The van der Waals surface area contributed by atoms with Crippen molar-refractivity contribution in [2.75, 3.05) is 4.90 Å². The van der Waals surface area contributed by atoms with E-state index in [-0.39, 0.29) is 0 Å². The predicted molar refractivity (Wildman–Crippen MR) is 239 cm³/mol. The van der Waals surface area contributed by atoms with Gasteiger partial charge in [0.15, 0.2) is 0 Å². The van der Waals surface area contributed by atoms with Crippen LogP contribution in [0.25, 0.3) is 82.8 Å². The summed E-state index contributed by atoms with van der Waals surface area (Å²) in [6.45, 7) is 0. The van der Waals surface area contributed by atoms with Crippen molar-refractivity contribution < 1.29 is 4.42 Å². The van der Waals surface area contributed by atoms with Crippen LogP contribution < -0.4 is 4.90 Å². The summed E-state index contributed by atoms with van der Waals surface area (Å²) >= 11 is 0. The molecule has 0 amide bonds. The van der Waals surface area contributed by atoms with Gasteiger partial charge in [0, 0.05) is 44.2 Å². The second-order valence-electron chi connectivity index (χ2n) is 14.5. The minimum atomic E-state index is 0.883. The van der Waals surface area contributed by atoms with E-state index < -0.39 is 0 Å². The van der Waals surface area contributed by atoms with Gasteiger partial charge in [0.25, 0.3) is 0 Å². The van der Waals surface area contributed by atoms with Crippen molar-refractivity contribution in [3.05, 3.63) is 218 Å². The second-order valence-corrected chi connectivity index (χ2v) is 14.5. The van der Waals surface area contributed by atoms with E-state index in [1.807, 2.05) is 12.1 Å². The number of aromatic nitrogens is 1. The molecule has 0 saturated carbocycles. The summed E-state index contributed by atoms with van der Waals surface area (Å²) in [5, 5.41) is 4.74. The van der Waals surface area contributed by atoms with E-state index >= 15 is 0 Å². The Morgan fingerprint density at radius 1 is 0.333 bits per heavy atom. The van der Waals surface area contributed by atoms with E-state index in [1.165, 1.54) is 44.1 Å². The Kier molecular flexibility index (Phi) is 7.82. The highest BCUT2D eigenvalue weighted by Gasteiger charge is 2.21. The van der Waals surface area contributed by atoms with Gasteiger partial charge in [-0.3, -0.25) is 0 Å². The van der Waals surface area contributed by atoms with Crippen LogP contribution in [0.15, 0.2) is 223 Å². The standard InChI is InChI=1S/C54H36N2O/c1-2-13-37(14-3-1)38-25-27-39(28-26-38)40-29-31-41(32-30-40)55(42-33-35-43(36-34-42)56-50-21-9-4-15-44(50)45-16-5-10-22-51(45)56)49-20-8-6-17-46(49)47-19-12-24-53-54(47)48-18-7-11-23-52(48)57-53/h1-36H. The first-order valence-electron chi connectivity index (χ1n) is 19.4. The molecule has 11 rings (SSSR count). The molecule has 3 nitrogen and oxygen atoms in total. The van der Waals surface area contributed by atoms with Crippen LogP contribution in [0.2, 0.25) is 0 Å². The minimum Gasteiger partial charge on any atom is -0.456 e. The van der Waals surface area contributed by atoms with Crippen LogP contribution in [-0.2, 0) is 0 Å². The quantitative estimate of drug-likeness (QED) is 0.163. The van der Waals surface area contributed by atoms with Gasteiger partial charge in [-0.2, -0.15) is 0 Å². The van der Waals surface area contributed by atoms with Crippen LogP contribution >= 0.6 is 0 Å². The Balaban J connectivity index is 1.05. The average molecular weight is 729 g/mol. The SMILES string of the molecule is c1ccc(-c2ccc(-c3ccc(N(c4ccc(-n5c6ccccc6c6ccccc65)cc4)c4ccccc4-c4cccc5oc6ccccc6c45)cc3)cc2)cc1. The van der Waals surface area contributed by atoms with Crippen LogP contribution in [-0.4, -0.2) is 4.57 Å². The molecule has 0 unspecified atom stereocenters. The monoisotopic (exact) mass is 728 g/mol. The molecule has 0 fully saturated rings. The van der Waals surface area contributed by atoms with Gasteiger partial charge in [0.2, 0.25) is 0 Å². The van der Waals surface area contributed by atoms with Gasteiger partial charge in [0.05, 0.1) is 16.7 Å². The van der Waals surface area contributed by atoms with Crippen molar-refractivity contribution in [2.45, 2.75) is 0 Å². The summed E-state index contributed by atoms with van der Waals surface area (Å²) in [6.07, 6.45) is 0. The number of hydrogen-bond donors (Lipinski definition) is 0. The maximum Gasteiger partial charge on any atom is 0.136 e. The zero-order valence-electron chi connectivity index (χ0n) is 31.1. The zero-order chi connectivity index (χ0) is 37.7. The molecule has 0 atom stereocenters. The second kappa shape index (κ2) is 13.6. The predicted octanol–water partition coefficient (Wildman–Crippen LogP) is 15.2. The summed E-state index contributed by atoms with van der Waals surface area (Å²) in [7, 11) is 0. The molecule has 0 radical (unpaired) electrons. The van der Waals surface area contributed by atoms with Gasteiger partial charge in [-0.05, 0) is 94.5 Å². The van der Waals surface area contributed by atoms with Gasteiger partial charge in [-0.25, -0.2) is 0 Å². The van der Waals surface area contributed by atoms with E-state index in [2.05, 4.69) is 216 Å². The van der Waals surface area contributed by atoms with Crippen molar-refractivity contribution in [1.29, 1.82) is 0 Å². The highest BCUT2D eigenvalue weighted by atomic mass is 16.3. The third-order valence-corrected chi connectivity index (χ3v) is 11.2. The number of nitrogens with zero attached hydrogens (tertiary/aromatic N) is 2. The lowest BCUT2D eigenvalue weighted by Gasteiger charge is -2.28. The summed E-state index contributed by atoms with van der Waals surface area (Å²) in [6, 6.07) is 78.1. The Labute approximate surface area is 330 Å². The van der Waals surface area contributed by atoms with Crippen LogP contribution in [0.3, 0.4) is 0 Å². The number of fused-ring (bicyclic) bond motifs is 6. The molecule has 0 N–H and O–H groups in total. The van der Waals surface area contributed by atoms with Gasteiger partial charge in [-0.1, -0.05) is 152 Å². The molecule has 0 saturated heterocycles. The zero-order valence-corrected chi connectivity index (χ0v) is 31.1. The Hall–Kier alpha value is -7.62. The number of furan rings is 1. The fraction of sp³-hybridized carbons (Fsp3) is 0. The van der Waals surface area contributed by atoms with Crippen LogP contribution in [0.4, 0.5) is 17.1 Å². The Bertz CT molecular complexity index is 3160. The van der Waals surface area contributed by atoms with Gasteiger partial charge in [0.1, 0.15) is 11.2 Å². The third-order valence-electron chi connectivity index (χ3n) is 11.2. The van der Waals surface area contributed by atoms with Gasteiger partial charge in [-0.15, -0.1) is 0 Å². The van der Waals surface area contributed by atoms with E-state index in [0.29, 0.717) is 0 Å². The largest absolute Gasteiger partial charge is 0.456 e. The summed E-state index contributed by atoms with van der Waals surface area (Å²) in [5.74, 6) is 0. The summed E-state index contributed by atoms with van der Waals surface area (Å²) in [5.41, 5.74) is 15.5. The summed E-state index contributed by atoms with van der Waals surface area (Å²) < 4.78 is 8.74. The van der Waals surface area contributed by atoms with E-state index in [0.717, 1.165) is 55.8 Å². The van der Waals surface area contributed by atoms with Crippen molar-refractivity contribution in [3.8, 4) is 39.1 Å². The molecule has 11 aromatic rings. The molecule has 0 aliphatic heterocycles. The minimum absolute atomic E-state index is 0.883. The highest BCUT2D eigenvalue weighted by molar-refractivity contribution is 6.14. The third kappa shape index (κ3) is 5.60. The molecular weight excluding hydrogens is 693 g/mol. The normalized spacial score (nSPS) is 11.5. The van der Waals surface area contributed by atoms with E-state index in [4.69, 9.17) is 4.42 Å². The van der Waals surface area contributed by atoms with Gasteiger partial charge < -0.3 is 13.9 Å². The lowest BCUT2D eigenvalue weighted by atomic mass is 9.96. The molecule has 268 valence electrons. The molecule has 0 spiro atoms. The van der Waals surface area contributed by atoms with Crippen LogP contribution in [0, 0.1) is 0 Å². The number of benzene rings is 9. The molecule has 0 aliphatic carbocycles. The fourth-order valence-electron chi connectivity index (χ4n) is 8.56. The smallest absolute Gasteiger partial charge is 0.136 e. The molecule has 57 heavy (non-hydrogen) atoms. The van der Waals surface area contributed by atoms with Crippen LogP contribution in [0.5, 0.6) is 0 Å². The summed E-state index contributed by atoms with van der Waals surface area (Å²) in [4.78, 5) is 2.38.